The van der Waals surface area contributed by atoms with E-state index in [0.717, 1.165) is 30.8 Å². The molecule has 1 unspecified atom stereocenters. The van der Waals surface area contributed by atoms with E-state index in [1.165, 1.54) is 23.8 Å². The van der Waals surface area contributed by atoms with Crippen LogP contribution in [-0.2, 0) is 37.9 Å². The predicted molar refractivity (Wildman–Crippen MR) is 202 cm³/mol. The normalized spacial score (nSPS) is 18.9. The highest BCUT2D eigenvalue weighted by molar-refractivity contribution is 7.89. The smallest absolute Gasteiger partial charge is 0.347 e. The van der Waals surface area contributed by atoms with Crippen LogP contribution in [0, 0.1) is 22.0 Å². The van der Waals surface area contributed by atoms with Crippen molar-refractivity contribution in [1.29, 1.82) is 0 Å². The van der Waals surface area contributed by atoms with Crippen molar-refractivity contribution in [2.75, 3.05) is 32.8 Å². The zero-order valence-electron chi connectivity index (χ0n) is 30.6. The monoisotopic (exact) mass is 741 g/mol. The zero-order chi connectivity index (χ0) is 37.8. The lowest BCUT2D eigenvalue weighted by atomic mass is 9.87. The average molecular weight is 742 g/mol. The summed E-state index contributed by atoms with van der Waals surface area (Å²) >= 11 is 0. The van der Waals surface area contributed by atoms with E-state index >= 15 is 0 Å². The largest absolute Gasteiger partial charge is 0.492 e. The Bertz CT molecular complexity index is 1990. The number of benzene rings is 4. The molecule has 1 N–H and O–H groups in total. The maximum absolute atomic E-state index is 13.5. The van der Waals surface area contributed by atoms with E-state index in [-0.39, 0.29) is 59.9 Å². The van der Waals surface area contributed by atoms with Gasteiger partial charge in [-0.15, -0.1) is 0 Å². The van der Waals surface area contributed by atoms with Crippen LogP contribution in [0.2, 0.25) is 0 Å². The molecule has 0 aromatic heterocycles. The van der Waals surface area contributed by atoms with E-state index < -0.39 is 27.0 Å². The van der Waals surface area contributed by atoms with Crippen LogP contribution in [0.15, 0.2) is 102 Å². The predicted octanol–water partition coefficient (Wildman–Crippen LogP) is 6.65. The van der Waals surface area contributed by atoms with Crippen LogP contribution in [0.4, 0.5) is 5.69 Å². The van der Waals surface area contributed by atoms with Gasteiger partial charge < -0.3 is 14.2 Å². The molecule has 0 amide bonds. The molecule has 53 heavy (non-hydrogen) atoms. The van der Waals surface area contributed by atoms with Gasteiger partial charge in [0.1, 0.15) is 18.1 Å². The van der Waals surface area contributed by atoms with Crippen molar-refractivity contribution in [2.24, 2.45) is 11.8 Å². The number of rotatable bonds is 16. The first-order valence-electron chi connectivity index (χ1n) is 18.0. The van der Waals surface area contributed by atoms with Crippen LogP contribution in [0.5, 0.6) is 11.5 Å². The number of ether oxygens (including phenoxy) is 3. The van der Waals surface area contributed by atoms with Gasteiger partial charge in [0.25, 0.3) is 5.69 Å². The minimum absolute atomic E-state index is 0.00430. The molecule has 2 aliphatic rings. The Morgan fingerprint density at radius 3 is 2.21 bits per heavy atom. The lowest BCUT2D eigenvalue weighted by Gasteiger charge is -2.21. The second-order valence-electron chi connectivity index (χ2n) is 14.7. The summed E-state index contributed by atoms with van der Waals surface area (Å²) in [4.78, 5) is 26.4. The molecule has 12 heteroatoms. The third-order valence-electron chi connectivity index (χ3n) is 9.93. The molecule has 1 saturated heterocycles. The number of nitrogens with one attached hydrogen (secondary N) is 1. The van der Waals surface area contributed by atoms with Crippen LogP contribution in [0.25, 0.3) is 0 Å². The Hall–Kier alpha value is -4.78. The van der Waals surface area contributed by atoms with Crippen molar-refractivity contribution < 1.29 is 32.3 Å². The molecular formula is C41H47N3O8S. The molecule has 1 saturated carbocycles. The number of fused-ring (bicyclic) bond motifs is 1. The summed E-state index contributed by atoms with van der Waals surface area (Å²) in [6, 6.07) is 29.1. The first kappa shape index (κ1) is 38.0. The Kier molecular flexibility index (Phi) is 11.5. The average Bonchev–Trinajstić information content (AvgIpc) is 3.64. The fourth-order valence-corrected chi connectivity index (χ4v) is 8.43. The lowest BCUT2D eigenvalue weighted by molar-refractivity contribution is -0.385. The first-order chi connectivity index (χ1) is 25.3. The molecule has 6 rings (SSSR count). The number of carbonyl (C=O) groups excluding carboxylic acids is 1. The number of piperidine rings is 1. The molecule has 280 valence electrons. The van der Waals surface area contributed by atoms with Crippen molar-refractivity contribution >= 4 is 21.7 Å². The SMILES string of the molecule is CCOC(=O)[C@H](Cc1ccc(OCCNS(=O)(=O)c2ccc([N+](=O)[O-])cc2[C@@H]2C3CN(Cc4ccccc4)C[C@H]32)cc1)Oc1ccc(C(C)(C)C)cc1. The third-order valence-corrected chi connectivity index (χ3v) is 11.5. The number of nitro benzene ring substituents is 1. The highest BCUT2D eigenvalue weighted by Gasteiger charge is 2.57. The number of likely N-dealkylation sites (tertiary alicyclic amines) is 1. The molecule has 1 heterocycles. The number of carbonyl (C=O) groups is 1. The van der Waals surface area contributed by atoms with E-state index in [1.807, 2.05) is 54.6 Å². The minimum atomic E-state index is -3.98. The molecule has 1 aliphatic heterocycles. The number of esters is 1. The van der Waals surface area contributed by atoms with E-state index in [0.29, 0.717) is 17.1 Å². The van der Waals surface area contributed by atoms with Crippen molar-refractivity contribution in [3.8, 4) is 11.5 Å². The fourth-order valence-electron chi connectivity index (χ4n) is 7.16. The highest BCUT2D eigenvalue weighted by Crippen LogP contribution is 2.59. The van der Waals surface area contributed by atoms with Gasteiger partial charge in [-0.05, 0) is 82.7 Å². The molecule has 4 atom stereocenters. The Balaban J connectivity index is 1.03. The lowest BCUT2D eigenvalue weighted by Crippen LogP contribution is -2.31. The Morgan fingerprint density at radius 1 is 0.925 bits per heavy atom. The number of hydrogen-bond donors (Lipinski definition) is 1. The van der Waals surface area contributed by atoms with Crippen LogP contribution in [0.3, 0.4) is 0 Å². The van der Waals surface area contributed by atoms with E-state index in [2.05, 4.69) is 42.5 Å². The van der Waals surface area contributed by atoms with E-state index in [4.69, 9.17) is 14.2 Å². The maximum atomic E-state index is 13.5. The topological polar surface area (TPSA) is 137 Å². The second-order valence-corrected chi connectivity index (χ2v) is 16.5. The van der Waals surface area contributed by atoms with Gasteiger partial charge >= 0.3 is 5.97 Å². The van der Waals surface area contributed by atoms with Crippen molar-refractivity contribution in [3.05, 3.63) is 129 Å². The Morgan fingerprint density at radius 2 is 1.58 bits per heavy atom. The first-order valence-corrected chi connectivity index (χ1v) is 19.5. The summed E-state index contributed by atoms with van der Waals surface area (Å²) in [5, 5.41) is 11.6. The van der Waals surface area contributed by atoms with Crippen LogP contribution < -0.4 is 14.2 Å². The zero-order valence-corrected chi connectivity index (χ0v) is 31.4. The number of nitrogens with zero attached hydrogens (tertiary/aromatic N) is 2. The van der Waals surface area contributed by atoms with Crippen LogP contribution >= 0.6 is 0 Å². The molecular weight excluding hydrogens is 695 g/mol. The van der Waals surface area contributed by atoms with Gasteiger partial charge in [-0.2, -0.15) is 0 Å². The number of nitro groups is 1. The van der Waals surface area contributed by atoms with Gasteiger partial charge in [-0.25, -0.2) is 17.9 Å². The minimum Gasteiger partial charge on any atom is -0.492 e. The number of sulfonamides is 1. The third kappa shape index (κ3) is 9.42. The molecule has 4 aromatic rings. The molecule has 1 aliphatic carbocycles. The van der Waals surface area contributed by atoms with Crippen molar-refractivity contribution in [1.82, 2.24) is 9.62 Å². The summed E-state index contributed by atoms with van der Waals surface area (Å²) < 4.78 is 46.9. The number of hydrogen-bond acceptors (Lipinski definition) is 9. The standard InChI is InChI=1S/C41H47N3O8S/c1-5-50-40(45)37(52-33-18-13-30(14-19-33)41(2,3)4)23-28-11-16-32(17-12-28)51-22-21-42-53(48,49)38-20-15-31(44(46)47)24-34(38)39-35-26-43(27-36(35)39)25-29-9-7-6-8-10-29/h6-20,24,35-37,39,42H,5,21-23,25-27H2,1-4H3/t35-,36?,37+,39+/m1/s1. The molecule has 0 bridgehead atoms. The second kappa shape index (κ2) is 16.1. The van der Waals surface area contributed by atoms with Gasteiger partial charge in [0.05, 0.1) is 16.4 Å². The molecule has 4 aromatic carbocycles. The quantitative estimate of drug-likeness (QED) is 0.0580. The summed E-state index contributed by atoms with van der Waals surface area (Å²) in [5.41, 5.74) is 3.59. The van der Waals surface area contributed by atoms with Gasteiger partial charge in [0, 0.05) is 44.7 Å². The molecule has 0 radical (unpaired) electrons. The van der Waals surface area contributed by atoms with Gasteiger partial charge in [0.15, 0.2) is 6.10 Å². The van der Waals surface area contributed by atoms with Crippen LogP contribution in [0.1, 0.15) is 55.9 Å². The molecule has 11 nitrogen and oxygen atoms in total. The van der Waals surface area contributed by atoms with E-state index in [1.54, 1.807) is 19.1 Å². The van der Waals surface area contributed by atoms with Gasteiger partial charge in [-0.1, -0.05) is 75.4 Å². The van der Waals surface area contributed by atoms with Crippen molar-refractivity contribution in [2.45, 2.75) is 63.0 Å². The summed E-state index contributed by atoms with van der Waals surface area (Å²) in [6.45, 7) is 10.9. The summed E-state index contributed by atoms with van der Waals surface area (Å²) in [5.74, 6) is 1.10. The molecule has 2 fully saturated rings. The van der Waals surface area contributed by atoms with E-state index in [9.17, 15) is 23.3 Å². The van der Waals surface area contributed by atoms with Gasteiger partial charge in [-0.3, -0.25) is 15.0 Å². The maximum Gasteiger partial charge on any atom is 0.347 e. The summed E-state index contributed by atoms with van der Waals surface area (Å²) in [7, 11) is -3.98. The fraction of sp³-hybridized carbons (Fsp3) is 0.390. The van der Waals surface area contributed by atoms with Crippen molar-refractivity contribution in [3.63, 3.8) is 0 Å². The Labute approximate surface area is 311 Å². The summed E-state index contributed by atoms with van der Waals surface area (Å²) in [6.07, 6.45) is -0.560. The highest BCUT2D eigenvalue weighted by atomic mass is 32.2. The molecule has 0 spiro atoms. The van der Waals surface area contributed by atoms with Gasteiger partial charge in [0.2, 0.25) is 10.0 Å². The number of non-ortho nitro benzene ring substituents is 1. The van der Waals surface area contributed by atoms with Crippen LogP contribution in [-0.4, -0.2) is 63.2 Å².